The fourth-order valence-electron chi connectivity index (χ4n) is 2.48. The first-order chi connectivity index (χ1) is 7.29. The molecule has 4 heteroatoms. The number of likely N-dealkylation sites (tertiary alicyclic amines) is 1. The van der Waals surface area contributed by atoms with Crippen LogP contribution in [0.3, 0.4) is 0 Å². The third-order valence-corrected chi connectivity index (χ3v) is 3.47. The Morgan fingerprint density at radius 2 is 2.07 bits per heavy atom. The average Bonchev–Trinajstić information content (AvgIpc) is 2.86. The highest BCUT2D eigenvalue weighted by atomic mass is 19.1. The molecule has 1 aliphatic carbocycles. The minimum absolute atomic E-state index is 0.0119. The van der Waals surface area contributed by atoms with Gasteiger partial charge in [0.1, 0.15) is 0 Å². The summed E-state index contributed by atoms with van der Waals surface area (Å²) in [7, 11) is 0. The van der Waals surface area contributed by atoms with Crippen molar-refractivity contribution < 1.29 is 9.18 Å². The zero-order valence-electron chi connectivity index (χ0n) is 9.04. The molecule has 1 saturated heterocycles. The first-order valence-electron chi connectivity index (χ1n) is 5.91. The summed E-state index contributed by atoms with van der Waals surface area (Å²) < 4.78 is 12.4. The Labute approximate surface area is 90.0 Å². The van der Waals surface area contributed by atoms with E-state index in [1.54, 1.807) is 4.90 Å². The third-order valence-electron chi connectivity index (χ3n) is 3.47. The predicted octanol–water partition coefficient (Wildman–Crippen LogP) is 1.93. The number of halogens is 1. The molecule has 1 heterocycles. The Morgan fingerprint density at radius 3 is 2.67 bits per heavy atom. The van der Waals surface area contributed by atoms with Gasteiger partial charge in [-0.2, -0.15) is 0 Å². The molecule has 2 aliphatic rings. The number of nitrogens with zero attached hydrogens (tertiary/aromatic N) is 1. The number of hydrogen-bond donors (Lipinski definition) is 1. The van der Waals surface area contributed by atoms with Crippen LogP contribution in [0.25, 0.3) is 0 Å². The van der Waals surface area contributed by atoms with E-state index in [1.807, 2.05) is 0 Å². The molecule has 1 unspecified atom stereocenters. The van der Waals surface area contributed by atoms with Crippen LogP contribution in [0.2, 0.25) is 0 Å². The smallest absolute Gasteiger partial charge is 0.317 e. The second-order valence-electron chi connectivity index (χ2n) is 4.69. The molecule has 2 amide bonds. The molecule has 1 atom stereocenters. The van der Waals surface area contributed by atoms with Gasteiger partial charge in [0.25, 0.3) is 0 Å². The van der Waals surface area contributed by atoms with E-state index in [2.05, 4.69) is 5.32 Å². The van der Waals surface area contributed by atoms with Crippen molar-refractivity contribution in [3.8, 4) is 0 Å². The highest BCUT2D eigenvalue weighted by Gasteiger charge is 2.27. The number of amides is 2. The summed E-state index contributed by atoms with van der Waals surface area (Å²) in [6.45, 7) is 1.01. The van der Waals surface area contributed by atoms with Crippen LogP contribution in [-0.2, 0) is 0 Å². The monoisotopic (exact) mass is 214 g/mol. The van der Waals surface area contributed by atoms with E-state index >= 15 is 0 Å². The van der Waals surface area contributed by atoms with Crippen LogP contribution in [0.5, 0.6) is 0 Å². The van der Waals surface area contributed by atoms with Gasteiger partial charge < -0.3 is 10.2 Å². The molecule has 15 heavy (non-hydrogen) atoms. The first-order valence-corrected chi connectivity index (χ1v) is 5.91. The van der Waals surface area contributed by atoms with Gasteiger partial charge in [0.2, 0.25) is 0 Å². The summed E-state index contributed by atoms with van der Waals surface area (Å²) >= 11 is 0. The molecule has 2 rings (SSSR count). The lowest BCUT2D eigenvalue weighted by molar-refractivity contribution is 0.202. The molecule has 1 N–H and O–H groups in total. The summed E-state index contributed by atoms with van der Waals surface area (Å²) in [4.78, 5) is 13.5. The number of hydrogen-bond acceptors (Lipinski definition) is 1. The van der Waals surface area contributed by atoms with E-state index in [0.29, 0.717) is 19.1 Å². The van der Waals surface area contributed by atoms with Gasteiger partial charge in [0.15, 0.2) is 0 Å². The maximum Gasteiger partial charge on any atom is 0.317 e. The SMILES string of the molecule is O=C(NC1CCCC1)N1CCC(CF)C1. The molecule has 3 nitrogen and oxygen atoms in total. The van der Waals surface area contributed by atoms with E-state index in [0.717, 1.165) is 19.3 Å². The lowest BCUT2D eigenvalue weighted by Gasteiger charge is -2.20. The quantitative estimate of drug-likeness (QED) is 0.748. The molecular weight excluding hydrogens is 195 g/mol. The van der Waals surface area contributed by atoms with Gasteiger partial charge in [-0.25, -0.2) is 4.79 Å². The molecule has 0 aromatic carbocycles. The lowest BCUT2D eigenvalue weighted by atomic mass is 10.1. The minimum Gasteiger partial charge on any atom is -0.335 e. The summed E-state index contributed by atoms with van der Waals surface area (Å²) in [5.41, 5.74) is 0. The maximum atomic E-state index is 12.4. The zero-order chi connectivity index (χ0) is 10.7. The molecule has 2 fully saturated rings. The number of nitrogens with one attached hydrogen (secondary N) is 1. The second-order valence-corrected chi connectivity index (χ2v) is 4.69. The van der Waals surface area contributed by atoms with Crippen LogP contribution in [-0.4, -0.2) is 36.7 Å². The molecule has 0 spiro atoms. The number of alkyl halides is 1. The van der Waals surface area contributed by atoms with Crippen molar-refractivity contribution in [3.05, 3.63) is 0 Å². The van der Waals surface area contributed by atoms with E-state index in [4.69, 9.17) is 0 Å². The Balaban J connectivity index is 1.76. The van der Waals surface area contributed by atoms with E-state index in [9.17, 15) is 9.18 Å². The Bertz CT molecular complexity index is 229. The highest BCUT2D eigenvalue weighted by molar-refractivity contribution is 5.74. The van der Waals surface area contributed by atoms with E-state index in [-0.39, 0.29) is 18.6 Å². The molecule has 0 bridgehead atoms. The summed E-state index contributed by atoms with van der Waals surface area (Å²) in [5.74, 6) is 0.0688. The predicted molar refractivity (Wildman–Crippen MR) is 56.4 cm³/mol. The molecule has 0 aromatic heterocycles. The fourth-order valence-corrected chi connectivity index (χ4v) is 2.48. The zero-order valence-corrected chi connectivity index (χ0v) is 9.04. The largest absolute Gasteiger partial charge is 0.335 e. The third kappa shape index (κ3) is 2.61. The maximum absolute atomic E-state index is 12.4. The van der Waals surface area contributed by atoms with Crippen molar-refractivity contribution in [1.82, 2.24) is 10.2 Å². The molecule has 86 valence electrons. The molecule has 1 aliphatic heterocycles. The normalized spacial score (nSPS) is 27.3. The molecule has 0 radical (unpaired) electrons. The van der Waals surface area contributed by atoms with Crippen molar-refractivity contribution in [1.29, 1.82) is 0 Å². The van der Waals surface area contributed by atoms with Crippen LogP contribution >= 0.6 is 0 Å². The number of carbonyl (C=O) groups is 1. The Morgan fingerprint density at radius 1 is 1.33 bits per heavy atom. The number of carbonyl (C=O) groups excluding carboxylic acids is 1. The van der Waals surface area contributed by atoms with Crippen LogP contribution in [0.4, 0.5) is 9.18 Å². The van der Waals surface area contributed by atoms with Gasteiger partial charge >= 0.3 is 6.03 Å². The summed E-state index contributed by atoms with van der Waals surface area (Å²) in [5, 5.41) is 3.03. The van der Waals surface area contributed by atoms with Crippen LogP contribution in [0, 0.1) is 5.92 Å². The summed E-state index contributed by atoms with van der Waals surface area (Å²) in [6, 6.07) is 0.375. The van der Waals surface area contributed by atoms with E-state index < -0.39 is 0 Å². The van der Waals surface area contributed by atoms with Crippen LogP contribution in [0.1, 0.15) is 32.1 Å². The Hall–Kier alpha value is -0.800. The first kappa shape index (κ1) is 10.7. The minimum atomic E-state index is -0.298. The van der Waals surface area contributed by atoms with Gasteiger partial charge in [0.05, 0.1) is 6.67 Å². The topological polar surface area (TPSA) is 32.3 Å². The average molecular weight is 214 g/mol. The van der Waals surface area contributed by atoms with Crippen molar-refractivity contribution >= 4 is 6.03 Å². The standard InChI is InChI=1S/C11H19FN2O/c12-7-9-5-6-14(8-9)11(15)13-10-3-1-2-4-10/h9-10H,1-8H2,(H,13,15). The van der Waals surface area contributed by atoms with Crippen molar-refractivity contribution in [2.24, 2.45) is 5.92 Å². The van der Waals surface area contributed by atoms with Crippen molar-refractivity contribution in [2.45, 2.75) is 38.1 Å². The Kier molecular flexibility index (Phi) is 3.44. The van der Waals surface area contributed by atoms with Gasteiger partial charge in [-0.15, -0.1) is 0 Å². The second kappa shape index (κ2) is 4.81. The van der Waals surface area contributed by atoms with Crippen LogP contribution < -0.4 is 5.32 Å². The molecule has 0 aromatic rings. The lowest BCUT2D eigenvalue weighted by Crippen LogP contribution is -2.42. The van der Waals surface area contributed by atoms with Gasteiger partial charge in [0, 0.05) is 25.0 Å². The van der Waals surface area contributed by atoms with E-state index in [1.165, 1.54) is 12.8 Å². The molecular formula is C11H19FN2O. The van der Waals surface area contributed by atoms with Gasteiger partial charge in [-0.1, -0.05) is 12.8 Å². The highest BCUT2D eigenvalue weighted by Crippen LogP contribution is 2.20. The van der Waals surface area contributed by atoms with Crippen molar-refractivity contribution in [2.75, 3.05) is 19.8 Å². The van der Waals surface area contributed by atoms with Gasteiger partial charge in [-0.3, -0.25) is 4.39 Å². The summed E-state index contributed by atoms with van der Waals surface area (Å²) in [6.07, 6.45) is 5.46. The fraction of sp³-hybridized carbons (Fsp3) is 0.909. The van der Waals surface area contributed by atoms with Gasteiger partial charge in [-0.05, 0) is 19.3 Å². The number of urea groups is 1. The van der Waals surface area contributed by atoms with Crippen molar-refractivity contribution in [3.63, 3.8) is 0 Å². The molecule has 1 saturated carbocycles. The number of rotatable bonds is 2. The van der Waals surface area contributed by atoms with Crippen LogP contribution in [0.15, 0.2) is 0 Å².